The SMILES string of the molecule is O=C(O/N=C1/C(=O)N(c2ccccc2)c2ccccc21)C1CC1. The molecule has 2 aliphatic rings. The van der Waals surface area contributed by atoms with Gasteiger partial charge in [0.2, 0.25) is 0 Å². The fourth-order valence-corrected chi connectivity index (χ4v) is 2.61. The third-order valence-electron chi connectivity index (χ3n) is 3.96. The minimum absolute atomic E-state index is 0.0590. The molecule has 1 aliphatic heterocycles. The van der Waals surface area contributed by atoms with Crippen molar-refractivity contribution >= 4 is 29.0 Å². The summed E-state index contributed by atoms with van der Waals surface area (Å²) in [5.74, 6) is -0.710. The summed E-state index contributed by atoms with van der Waals surface area (Å²) in [4.78, 5) is 31.0. The number of para-hydroxylation sites is 2. The molecule has 2 aromatic carbocycles. The second-order valence-electron chi connectivity index (χ2n) is 5.62. The molecule has 23 heavy (non-hydrogen) atoms. The van der Waals surface area contributed by atoms with Crippen molar-refractivity contribution in [3.63, 3.8) is 0 Å². The molecule has 0 radical (unpaired) electrons. The number of nitrogens with zero attached hydrogens (tertiary/aromatic N) is 2. The molecule has 1 amide bonds. The van der Waals surface area contributed by atoms with Crippen LogP contribution >= 0.6 is 0 Å². The number of oxime groups is 1. The molecule has 1 heterocycles. The van der Waals surface area contributed by atoms with Crippen molar-refractivity contribution in [1.29, 1.82) is 0 Å². The quantitative estimate of drug-likeness (QED) is 0.647. The van der Waals surface area contributed by atoms with Crippen LogP contribution in [-0.4, -0.2) is 17.6 Å². The van der Waals surface area contributed by atoms with Crippen LogP contribution in [0.25, 0.3) is 0 Å². The van der Waals surface area contributed by atoms with E-state index in [-0.39, 0.29) is 23.5 Å². The Bertz CT molecular complexity index is 810. The van der Waals surface area contributed by atoms with E-state index in [0.717, 1.165) is 24.2 Å². The molecule has 0 bridgehead atoms. The Kier molecular flexibility index (Phi) is 3.19. The van der Waals surface area contributed by atoms with Crippen molar-refractivity contribution in [2.75, 3.05) is 4.90 Å². The Morgan fingerprint density at radius 1 is 1.04 bits per heavy atom. The number of rotatable bonds is 3. The summed E-state index contributed by atoms with van der Waals surface area (Å²) < 4.78 is 0. The lowest BCUT2D eigenvalue weighted by Crippen LogP contribution is -2.25. The lowest BCUT2D eigenvalue weighted by atomic mass is 10.1. The van der Waals surface area contributed by atoms with Crippen molar-refractivity contribution in [1.82, 2.24) is 0 Å². The first-order chi connectivity index (χ1) is 11.3. The van der Waals surface area contributed by atoms with E-state index in [0.29, 0.717) is 5.56 Å². The van der Waals surface area contributed by atoms with Gasteiger partial charge in [-0.1, -0.05) is 41.6 Å². The topological polar surface area (TPSA) is 59.0 Å². The molecular weight excluding hydrogens is 292 g/mol. The number of amides is 1. The molecule has 0 aromatic heterocycles. The molecule has 0 saturated heterocycles. The fourth-order valence-electron chi connectivity index (χ4n) is 2.61. The lowest BCUT2D eigenvalue weighted by Gasteiger charge is -2.16. The van der Waals surface area contributed by atoms with Gasteiger partial charge in [-0.05, 0) is 31.0 Å². The second kappa shape index (κ2) is 5.35. The van der Waals surface area contributed by atoms with Crippen molar-refractivity contribution in [2.45, 2.75) is 12.8 Å². The maximum Gasteiger partial charge on any atom is 0.338 e. The molecule has 114 valence electrons. The van der Waals surface area contributed by atoms with Crippen LogP contribution in [0, 0.1) is 5.92 Å². The second-order valence-corrected chi connectivity index (χ2v) is 5.62. The minimum atomic E-state index is -0.360. The summed E-state index contributed by atoms with van der Waals surface area (Å²) in [5, 5.41) is 3.86. The van der Waals surface area contributed by atoms with Gasteiger partial charge in [0.05, 0.1) is 11.6 Å². The molecule has 1 aliphatic carbocycles. The Balaban J connectivity index is 1.72. The third kappa shape index (κ3) is 2.40. The first kappa shape index (κ1) is 13.7. The average molecular weight is 306 g/mol. The minimum Gasteiger partial charge on any atom is -0.317 e. The van der Waals surface area contributed by atoms with Crippen LogP contribution in [0.4, 0.5) is 11.4 Å². The van der Waals surface area contributed by atoms with Gasteiger partial charge < -0.3 is 4.84 Å². The molecule has 0 N–H and O–H groups in total. The lowest BCUT2D eigenvalue weighted by molar-refractivity contribution is -0.145. The highest BCUT2D eigenvalue weighted by Crippen LogP contribution is 2.36. The van der Waals surface area contributed by atoms with Gasteiger partial charge in [-0.15, -0.1) is 0 Å². The Hall–Kier alpha value is -2.95. The van der Waals surface area contributed by atoms with Crippen LogP contribution in [0.15, 0.2) is 59.8 Å². The van der Waals surface area contributed by atoms with Gasteiger partial charge in [0, 0.05) is 11.3 Å². The molecule has 1 saturated carbocycles. The van der Waals surface area contributed by atoms with Crippen molar-refractivity contribution < 1.29 is 14.4 Å². The van der Waals surface area contributed by atoms with Crippen LogP contribution in [0.1, 0.15) is 18.4 Å². The van der Waals surface area contributed by atoms with Gasteiger partial charge in [-0.3, -0.25) is 9.69 Å². The van der Waals surface area contributed by atoms with E-state index >= 15 is 0 Å². The van der Waals surface area contributed by atoms with E-state index in [1.54, 1.807) is 11.0 Å². The van der Waals surface area contributed by atoms with Crippen LogP contribution < -0.4 is 4.90 Å². The number of hydrogen-bond acceptors (Lipinski definition) is 4. The number of anilines is 2. The summed E-state index contributed by atoms with van der Waals surface area (Å²) in [6.45, 7) is 0. The molecule has 0 unspecified atom stereocenters. The summed E-state index contributed by atoms with van der Waals surface area (Å²) in [6, 6.07) is 16.7. The highest BCUT2D eigenvalue weighted by atomic mass is 16.7. The first-order valence-electron chi connectivity index (χ1n) is 7.53. The number of benzene rings is 2. The van der Waals surface area contributed by atoms with Crippen LogP contribution in [-0.2, 0) is 14.4 Å². The number of fused-ring (bicyclic) bond motifs is 1. The normalized spacial score (nSPS) is 18.2. The fraction of sp³-hybridized carbons (Fsp3) is 0.167. The standard InChI is InChI=1S/C18H14N2O3/c21-17-16(19-23-18(22)12-10-11-12)14-8-4-5-9-15(14)20(17)13-6-2-1-3-7-13/h1-9,12H,10-11H2/b19-16+. The van der Waals surface area contributed by atoms with Crippen molar-refractivity contribution in [3.8, 4) is 0 Å². The highest BCUT2D eigenvalue weighted by Gasteiger charge is 2.37. The summed E-state index contributed by atoms with van der Waals surface area (Å²) >= 11 is 0. The van der Waals surface area contributed by atoms with E-state index in [9.17, 15) is 9.59 Å². The average Bonchev–Trinajstić information content (AvgIpc) is 3.39. The van der Waals surface area contributed by atoms with Crippen LogP contribution in [0.3, 0.4) is 0 Å². The zero-order valence-electron chi connectivity index (χ0n) is 12.3. The van der Waals surface area contributed by atoms with Crippen molar-refractivity contribution in [3.05, 3.63) is 60.2 Å². The van der Waals surface area contributed by atoms with Gasteiger partial charge in [-0.25, -0.2) is 4.79 Å². The van der Waals surface area contributed by atoms with E-state index in [1.807, 2.05) is 48.5 Å². The summed E-state index contributed by atoms with van der Waals surface area (Å²) in [6.07, 6.45) is 1.68. The monoisotopic (exact) mass is 306 g/mol. The van der Waals surface area contributed by atoms with Crippen LogP contribution in [0.2, 0.25) is 0 Å². The Morgan fingerprint density at radius 3 is 2.48 bits per heavy atom. The predicted octanol–water partition coefficient (Wildman–Crippen LogP) is 3.02. The van der Waals surface area contributed by atoms with E-state index in [2.05, 4.69) is 5.16 Å². The van der Waals surface area contributed by atoms with Gasteiger partial charge in [-0.2, -0.15) is 0 Å². The van der Waals surface area contributed by atoms with Gasteiger partial charge in [0.1, 0.15) is 0 Å². The molecule has 5 nitrogen and oxygen atoms in total. The van der Waals surface area contributed by atoms with E-state index in [1.165, 1.54) is 0 Å². The number of hydrogen-bond donors (Lipinski definition) is 0. The molecule has 0 spiro atoms. The van der Waals surface area contributed by atoms with Crippen molar-refractivity contribution in [2.24, 2.45) is 11.1 Å². The van der Waals surface area contributed by atoms with Gasteiger partial charge in [0.25, 0.3) is 5.91 Å². The summed E-state index contributed by atoms with van der Waals surface area (Å²) in [7, 11) is 0. The third-order valence-corrected chi connectivity index (χ3v) is 3.96. The van der Waals surface area contributed by atoms with Gasteiger partial charge >= 0.3 is 5.97 Å². The molecule has 4 rings (SSSR count). The van der Waals surface area contributed by atoms with Gasteiger partial charge in [0.15, 0.2) is 5.71 Å². The first-order valence-corrected chi connectivity index (χ1v) is 7.53. The number of carbonyl (C=O) groups is 2. The molecule has 5 heteroatoms. The van der Waals surface area contributed by atoms with E-state index < -0.39 is 0 Å². The van der Waals surface area contributed by atoms with Crippen LogP contribution in [0.5, 0.6) is 0 Å². The van der Waals surface area contributed by atoms with E-state index in [4.69, 9.17) is 4.84 Å². The Labute approximate surface area is 133 Å². The zero-order valence-corrected chi connectivity index (χ0v) is 12.3. The number of carbonyl (C=O) groups excluding carboxylic acids is 2. The highest BCUT2D eigenvalue weighted by molar-refractivity contribution is 6.55. The molecule has 0 atom stereocenters. The largest absolute Gasteiger partial charge is 0.338 e. The maximum absolute atomic E-state index is 12.8. The molecular formula is C18H14N2O3. The Morgan fingerprint density at radius 2 is 1.74 bits per heavy atom. The predicted molar refractivity (Wildman–Crippen MR) is 85.4 cm³/mol. The zero-order chi connectivity index (χ0) is 15.8. The smallest absolute Gasteiger partial charge is 0.317 e. The maximum atomic E-state index is 12.8. The molecule has 1 fully saturated rings. The molecule has 2 aromatic rings. The summed E-state index contributed by atoms with van der Waals surface area (Å²) in [5.41, 5.74) is 2.33.